The van der Waals surface area contributed by atoms with Crippen molar-refractivity contribution in [2.75, 3.05) is 13.1 Å². The number of hydrogen-bond acceptors (Lipinski definition) is 3. The fraction of sp³-hybridized carbons (Fsp3) is 0.562. The maximum Gasteiger partial charge on any atom is 0.410 e. The molecule has 0 bridgehead atoms. The number of likely N-dealkylation sites (tertiary alicyclic amines) is 1. The molecule has 1 atom stereocenters. The molecule has 7 heteroatoms. The van der Waals surface area contributed by atoms with Gasteiger partial charge in [-0.1, -0.05) is 11.6 Å². The zero-order valence-corrected chi connectivity index (χ0v) is 15.8. The van der Waals surface area contributed by atoms with Crippen LogP contribution in [0.5, 0.6) is 0 Å². The van der Waals surface area contributed by atoms with Gasteiger partial charge in [0.05, 0.1) is 4.47 Å². The monoisotopic (exact) mass is 406 g/mol. The molecule has 1 heterocycles. The Hall–Kier alpha value is -0.850. The molecule has 1 aromatic carbocycles. The van der Waals surface area contributed by atoms with Gasteiger partial charge in [0.25, 0.3) is 0 Å². The van der Waals surface area contributed by atoms with Crippen molar-refractivity contribution >= 4 is 33.6 Å². The number of carbonyl (C=O) groups is 1. The van der Waals surface area contributed by atoms with Gasteiger partial charge in [0.1, 0.15) is 11.4 Å². The summed E-state index contributed by atoms with van der Waals surface area (Å²) in [7, 11) is 0. The molecule has 1 saturated heterocycles. The topological polar surface area (TPSA) is 41.6 Å². The first-order valence-corrected chi connectivity index (χ1v) is 8.67. The Bertz CT molecular complexity index is 592. The fourth-order valence-electron chi connectivity index (χ4n) is 2.37. The summed E-state index contributed by atoms with van der Waals surface area (Å²) in [6.07, 6.45) is 0.532. The molecule has 4 nitrogen and oxygen atoms in total. The molecule has 2 rings (SSSR count). The van der Waals surface area contributed by atoms with Crippen LogP contribution < -0.4 is 5.32 Å². The lowest BCUT2D eigenvalue weighted by Gasteiger charge is -2.24. The second-order valence-electron chi connectivity index (χ2n) is 6.65. The normalized spacial score (nSPS) is 18.3. The summed E-state index contributed by atoms with van der Waals surface area (Å²) >= 11 is 9.22. The Kier molecular flexibility index (Phi) is 5.92. The first-order chi connectivity index (χ1) is 10.7. The third-order valence-corrected chi connectivity index (χ3v) is 4.47. The van der Waals surface area contributed by atoms with Crippen molar-refractivity contribution in [3.8, 4) is 0 Å². The molecule has 0 saturated carbocycles. The molecule has 1 amide bonds. The minimum atomic E-state index is -0.495. The average molecular weight is 408 g/mol. The van der Waals surface area contributed by atoms with Gasteiger partial charge in [0, 0.05) is 30.7 Å². The number of nitrogens with zero attached hydrogens (tertiary/aromatic N) is 1. The summed E-state index contributed by atoms with van der Waals surface area (Å²) in [6.45, 7) is 7.22. The second-order valence-corrected chi connectivity index (χ2v) is 7.91. The molecule has 0 aliphatic carbocycles. The highest BCUT2D eigenvalue weighted by Crippen LogP contribution is 2.25. The summed E-state index contributed by atoms with van der Waals surface area (Å²) in [5.41, 5.74) is 0.202. The van der Waals surface area contributed by atoms with Gasteiger partial charge in [-0.2, -0.15) is 0 Å². The fourth-order valence-corrected chi connectivity index (χ4v) is 3.08. The molecular weight excluding hydrogens is 387 g/mol. The highest BCUT2D eigenvalue weighted by atomic mass is 79.9. The van der Waals surface area contributed by atoms with Gasteiger partial charge < -0.3 is 15.0 Å². The highest BCUT2D eigenvalue weighted by Gasteiger charge is 2.29. The zero-order chi connectivity index (χ0) is 17.2. The molecule has 1 aliphatic heterocycles. The van der Waals surface area contributed by atoms with Gasteiger partial charge in [-0.05, 0) is 60.8 Å². The highest BCUT2D eigenvalue weighted by molar-refractivity contribution is 9.10. The number of hydrogen-bond donors (Lipinski definition) is 1. The maximum absolute atomic E-state index is 13.6. The van der Waals surface area contributed by atoms with Crippen LogP contribution in [0.15, 0.2) is 16.6 Å². The Morgan fingerprint density at radius 2 is 2.22 bits per heavy atom. The number of nitrogens with one attached hydrogen (secondary N) is 1. The quantitative estimate of drug-likeness (QED) is 0.758. The average Bonchev–Trinajstić information content (AvgIpc) is 2.88. The van der Waals surface area contributed by atoms with E-state index in [0.29, 0.717) is 34.7 Å². The zero-order valence-electron chi connectivity index (χ0n) is 13.5. The second kappa shape index (κ2) is 7.36. The molecule has 1 N–H and O–H groups in total. The molecule has 1 aromatic rings. The Labute approximate surface area is 149 Å². The minimum Gasteiger partial charge on any atom is -0.444 e. The number of benzene rings is 1. The number of amides is 1. The summed E-state index contributed by atoms with van der Waals surface area (Å²) in [6, 6.07) is 3.11. The molecule has 23 heavy (non-hydrogen) atoms. The largest absolute Gasteiger partial charge is 0.444 e. The predicted octanol–water partition coefficient (Wildman–Crippen LogP) is 4.34. The van der Waals surface area contributed by atoms with Crippen LogP contribution in [0, 0.1) is 5.82 Å². The first-order valence-electron chi connectivity index (χ1n) is 7.50. The number of halogens is 3. The van der Waals surface area contributed by atoms with E-state index < -0.39 is 5.60 Å². The van der Waals surface area contributed by atoms with E-state index in [9.17, 15) is 9.18 Å². The van der Waals surface area contributed by atoms with Crippen LogP contribution >= 0.6 is 27.5 Å². The van der Waals surface area contributed by atoms with Crippen LogP contribution in [0.2, 0.25) is 5.02 Å². The van der Waals surface area contributed by atoms with Gasteiger partial charge in [0.15, 0.2) is 0 Å². The summed E-state index contributed by atoms with van der Waals surface area (Å²) in [5.74, 6) is -0.340. The first kappa shape index (κ1) is 18.5. The third kappa shape index (κ3) is 5.33. The SMILES string of the molecule is CC(C)(C)OC(=O)N1CCC(NCc2cc(F)c(Br)cc2Cl)C1. The van der Waals surface area contributed by atoms with E-state index in [-0.39, 0.29) is 18.0 Å². The van der Waals surface area contributed by atoms with Gasteiger partial charge in [-0.3, -0.25) is 0 Å². The molecular formula is C16H21BrClFN2O2. The van der Waals surface area contributed by atoms with E-state index in [0.717, 1.165) is 6.42 Å². The van der Waals surface area contributed by atoms with Crippen LogP contribution in [0.25, 0.3) is 0 Å². The molecule has 1 unspecified atom stereocenters. The molecule has 128 valence electrons. The third-order valence-electron chi connectivity index (χ3n) is 3.51. The Morgan fingerprint density at radius 3 is 2.87 bits per heavy atom. The smallest absolute Gasteiger partial charge is 0.410 e. The summed E-state index contributed by atoms with van der Waals surface area (Å²) in [4.78, 5) is 13.7. The van der Waals surface area contributed by atoms with E-state index >= 15 is 0 Å². The number of ether oxygens (including phenoxy) is 1. The van der Waals surface area contributed by atoms with Crippen LogP contribution in [0.3, 0.4) is 0 Å². The lowest BCUT2D eigenvalue weighted by atomic mass is 10.2. The van der Waals surface area contributed by atoms with E-state index in [1.165, 1.54) is 6.07 Å². The molecule has 0 spiro atoms. The van der Waals surface area contributed by atoms with E-state index in [2.05, 4.69) is 21.2 Å². The van der Waals surface area contributed by atoms with Crippen molar-refractivity contribution in [1.29, 1.82) is 0 Å². The molecule has 0 aromatic heterocycles. The van der Waals surface area contributed by atoms with Crippen molar-refractivity contribution in [3.63, 3.8) is 0 Å². The van der Waals surface area contributed by atoms with E-state index in [1.54, 1.807) is 11.0 Å². The van der Waals surface area contributed by atoms with Crippen molar-refractivity contribution in [2.24, 2.45) is 0 Å². The van der Waals surface area contributed by atoms with Crippen LogP contribution in [0.1, 0.15) is 32.8 Å². The van der Waals surface area contributed by atoms with Crippen LogP contribution in [-0.2, 0) is 11.3 Å². The van der Waals surface area contributed by atoms with Gasteiger partial charge in [-0.25, -0.2) is 9.18 Å². The van der Waals surface area contributed by atoms with Crippen LogP contribution in [0.4, 0.5) is 9.18 Å². The van der Waals surface area contributed by atoms with Gasteiger partial charge in [-0.15, -0.1) is 0 Å². The van der Waals surface area contributed by atoms with Crippen molar-refractivity contribution in [3.05, 3.63) is 33.0 Å². The van der Waals surface area contributed by atoms with Crippen molar-refractivity contribution in [2.45, 2.75) is 45.4 Å². The van der Waals surface area contributed by atoms with Gasteiger partial charge >= 0.3 is 6.09 Å². The number of carbonyl (C=O) groups excluding carboxylic acids is 1. The minimum absolute atomic E-state index is 0.144. The lowest BCUT2D eigenvalue weighted by molar-refractivity contribution is 0.0291. The Morgan fingerprint density at radius 1 is 1.52 bits per heavy atom. The van der Waals surface area contributed by atoms with Gasteiger partial charge in [0.2, 0.25) is 0 Å². The van der Waals surface area contributed by atoms with Crippen LogP contribution in [-0.4, -0.2) is 35.7 Å². The lowest BCUT2D eigenvalue weighted by Crippen LogP contribution is -2.38. The molecule has 1 aliphatic rings. The van der Waals surface area contributed by atoms with Crippen molar-refractivity contribution in [1.82, 2.24) is 10.2 Å². The summed E-state index contributed by atoms with van der Waals surface area (Å²) in [5, 5.41) is 3.82. The predicted molar refractivity (Wildman–Crippen MR) is 92.2 cm³/mol. The Balaban J connectivity index is 1.87. The maximum atomic E-state index is 13.6. The molecule has 1 fully saturated rings. The summed E-state index contributed by atoms with van der Waals surface area (Å²) < 4.78 is 19.3. The van der Waals surface area contributed by atoms with Crippen molar-refractivity contribution < 1.29 is 13.9 Å². The molecule has 0 radical (unpaired) electrons. The standard InChI is InChI=1S/C16H21BrClFN2O2/c1-16(2,3)23-15(22)21-5-4-11(9-21)20-8-10-6-14(19)12(17)7-13(10)18/h6-7,11,20H,4-5,8-9H2,1-3H3. The number of rotatable bonds is 3. The van der Waals surface area contributed by atoms with E-state index in [4.69, 9.17) is 16.3 Å². The van der Waals surface area contributed by atoms with E-state index in [1.807, 2.05) is 20.8 Å².